The monoisotopic (exact) mass is 319 g/mol. The fourth-order valence-electron chi connectivity index (χ4n) is 1.89. The molecule has 0 amide bonds. The summed E-state index contributed by atoms with van der Waals surface area (Å²) in [5, 5.41) is 0.628. The molecule has 1 heterocycles. The van der Waals surface area contributed by atoms with Crippen molar-refractivity contribution in [3.05, 3.63) is 47.7 Å². The molecule has 0 bridgehead atoms. The Bertz CT molecular complexity index is 575. The molecule has 22 heavy (non-hydrogen) atoms. The number of hydrogen-bond donors (Lipinski definition) is 1. The summed E-state index contributed by atoms with van der Waals surface area (Å²) in [4.78, 5) is 8.78. The van der Waals surface area contributed by atoms with Gasteiger partial charge in [-0.1, -0.05) is 42.1 Å². The average Bonchev–Trinajstić information content (AvgIpc) is 2.53. The summed E-state index contributed by atoms with van der Waals surface area (Å²) in [6.45, 7) is 4.92. The van der Waals surface area contributed by atoms with Gasteiger partial charge in [0.2, 0.25) is 6.29 Å². The highest BCUT2D eigenvalue weighted by Crippen LogP contribution is 2.24. The van der Waals surface area contributed by atoms with Crippen LogP contribution in [-0.2, 0) is 15.2 Å². The van der Waals surface area contributed by atoms with Crippen molar-refractivity contribution in [2.75, 3.05) is 18.9 Å². The van der Waals surface area contributed by atoms with Gasteiger partial charge in [-0.2, -0.15) is 0 Å². The molecule has 2 aromatic rings. The summed E-state index contributed by atoms with van der Waals surface area (Å²) >= 11 is 1.54. The van der Waals surface area contributed by atoms with Crippen molar-refractivity contribution < 1.29 is 9.47 Å². The van der Waals surface area contributed by atoms with E-state index in [1.807, 2.05) is 32.0 Å². The van der Waals surface area contributed by atoms with Gasteiger partial charge in [-0.05, 0) is 19.4 Å². The molecule has 1 aromatic heterocycles. The quantitative estimate of drug-likeness (QED) is 0.457. The molecule has 2 N–H and O–H groups in total. The van der Waals surface area contributed by atoms with Crippen LogP contribution in [-0.4, -0.2) is 23.2 Å². The molecule has 5 nitrogen and oxygen atoms in total. The third-order valence-electron chi connectivity index (χ3n) is 2.83. The summed E-state index contributed by atoms with van der Waals surface area (Å²) < 4.78 is 11.1. The van der Waals surface area contributed by atoms with Gasteiger partial charge >= 0.3 is 0 Å². The lowest BCUT2D eigenvalue weighted by Crippen LogP contribution is -2.12. The zero-order valence-electron chi connectivity index (χ0n) is 12.9. The molecule has 0 radical (unpaired) electrons. The molecule has 0 fully saturated rings. The lowest BCUT2D eigenvalue weighted by atomic mass is 10.2. The molecule has 6 heteroatoms. The maximum atomic E-state index is 5.88. The Balaban J connectivity index is 2.11. The molecule has 0 saturated heterocycles. The van der Waals surface area contributed by atoms with Crippen molar-refractivity contribution in [1.82, 2.24) is 9.97 Å². The first-order valence-corrected chi connectivity index (χ1v) is 8.25. The molecule has 0 unspecified atom stereocenters. The number of nitrogens with zero attached hydrogens (tertiary/aromatic N) is 2. The van der Waals surface area contributed by atoms with Gasteiger partial charge in [0, 0.05) is 25.0 Å². The van der Waals surface area contributed by atoms with Gasteiger partial charge in [0.05, 0.1) is 0 Å². The number of benzene rings is 1. The normalized spacial score (nSPS) is 11.0. The van der Waals surface area contributed by atoms with Crippen molar-refractivity contribution in [1.29, 1.82) is 0 Å². The number of ether oxygens (including phenoxy) is 2. The van der Waals surface area contributed by atoms with E-state index in [-0.39, 0.29) is 0 Å². The highest BCUT2D eigenvalue weighted by molar-refractivity contribution is 7.98. The Kier molecular flexibility index (Phi) is 6.64. The smallest absolute Gasteiger partial charge is 0.201 e. The number of thioether (sulfide) groups is 1. The molecule has 1 aromatic carbocycles. The fourth-order valence-corrected chi connectivity index (χ4v) is 2.72. The molecule has 0 saturated carbocycles. The Morgan fingerprint density at radius 3 is 2.41 bits per heavy atom. The molecule has 0 aliphatic rings. The van der Waals surface area contributed by atoms with Gasteiger partial charge in [0.1, 0.15) is 11.5 Å². The molecule has 0 aliphatic carbocycles. The number of nitrogens with two attached hydrogens (primary N) is 1. The SMILES string of the molecule is CCOC(OCC)c1cc(N)nc(SCc2ccccc2)n1. The third-order valence-corrected chi connectivity index (χ3v) is 3.75. The highest BCUT2D eigenvalue weighted by atomic mass is 32.2. The summed E-state index contributed by atoms with van der Waals surface area (Å²) in [6.07, 6.45) is -0.503. The summed E-state index contributed by atoms with van der Waals surface area (Å²) in [6, 6.07) is 11.9. The minimum atomic E-state index is -0.503. The first kappa shape index (κ1) is 16.7. The van der Waals surface area contributed by atoms with Crippen LogP contribution in [0.4, 0.5) is 5.82 Å². The van der Waals surface area contributed by atoms with Crippen molar-refractivity contribution in [2.45, 2.75) is 31.0 Å². The molecule has 2 rings (SSSR count). The highest BCUT2D eigenvalue weighted by Gasteiger charge is 2.15. The number of nitrogen functional groups attached to an aromatic ring is 1. The van der Waals surface area contributed by atoms with Crippen LogP contribution in [0, 0.1) is 0 Å². The van der Waals surface area contributed by atoms with E-state index in [4.69, 9.17) is 15.2 Å². The van der Waals surface area contributed by atoms with Gasteiger partial charge in [-0.15, -0.1) is 0 Å². The summed E-state index contributed by atoms with van der Waals surface area (Å²) in [5.41, 5.74) is 7.76. The number of hydrogen-bond acceptors (Lipinski definition) is 6. The van der Waals surface area contributed by atoms with E-state index in [0.717, 1.165) is 5.75 Å². The lowest BCUT2D eigenvalue weighted by Gasteiger charge is -2.17. The van der Waals surface area contributed by atoms with E-state index in [9.17, 15) is 0 Å². The molecule has 0 atom stereocenters. The van der Waals surface area contributed by atoms with E-state index in [0.29, 0.717) is 29.9 Å². The number of anilines is 1. The minimum absolute atomic E-state index is 0.421. The molecule has 0 aliphatic heterocycles. The predicted octanol–water partition coefficient (Wildman–Crippen LogP) is 3.42. The van der Waals surface area contributed by atoms with Crippen molar-refractivity contribution in [3.63, 3.8) is 0 Å². The number of rotatable bonds is 8. The first-order valence-electron chi connectivity index (χ1n) is 7.27. The van der Waals surface area contributed by atoms with Crippen molar-refractivity contribution in [3.8, 4) is 0 Å². The van der Waals surface area contributed by atoms with Crippen LogP contribution in [0.25, 0.3) is 0 Å². The van der Waals surface area contributed by atoms with Gasteiger partial charge in [0.25, 0.3) is 0 Å². The van der Waals surface area contributed by atoms with Crippen molar-refractivity contribution in [2.24, 2.45) is 0 Å². The predicted molar refractivity (Wildman–Crippen MR) is 88.4 cm³/mol. The Morgan fingerprint density at radius 1 is 1.09 bits per heavy atom. The second-order valence-electron chi connectivity index (χ2n) is 4.52. The van der Waals surface area contributed by atoms with Crippen LogP contribution in [0.2, 0.25) is 0 Å². The van der Waals surface area contributed by atoms with Crippen LogP contribution in [0.1, 0.15) is 31.4 Å². The van der Waals surface area contributed by atoms with Crippen molar-refractivity contribution >= 4 is 17.6 Å². The first-order chi connectivity index (χ1) is 10.7. The average molecular weight is 319 g/mol. The van der Waals surface area contributed by atoms with E-state index >= 15 is 0 Å². The van der Waals surface area contributed by atoms with Gasteiger partial charge in [-0.3, -0.25) is 0 Å². The zero-order valence-corrected chi connectivity index (χ0v) is 13.7. The van der Waals surface area contributed by atoms with Crippen LogP contribution in [0.5, 0.6) is 0 Å². The topological polar surface area (TPSA) is 70.3 Å². The summed E-state index contributed by atoms with van der Waals surface area (Å²) in [5.74, 6) is 1.21. The Morgan fingerprint density at radius 2 is 1.77 bits per heavy atom. The standard InChI is InChI=1S/C16H21N3O2S/c1-3-20-15(21-4-2)13-10-14(17)19-16(18-13)22-11-12-8-6-5-7-9-12/h5-10,15H,3-4,11H2,1-2H3,(H2,17,18,19). The Labute approximate surface area is 135 Å². The fraction of sp³-hybridized carbons (Fsp3) is 0.375. The van der Waals surface area contributed by atoms with Crippen LogP contribution in [0.15, 0.2) is 41.6 Å². The molecule has 0 spiro atoms. The lowest BCUT2D eigenvalue weighted by molar-refractivity contribution is -0.142. The molecular formula is C16H21N3O2S. The Hall–Kier alpha value is -1.63. The van der Waals surface area contributed by atoms with E-state index in [1.54, 1.807) is 17.8 Å². The zero-order chi connectivity index (χ0) is 15.8. The van der Waals surface area contributed by atoms with Crippen LogP contribution < -0.4 is 5.73 Å². The second kappa shape index (κ2) is 8.73. The van der Waals surface area contributed by atoms with Gasteiger partial charge < -0.3 is 15.2 Å². The summed E-state index contributed by atoms with van der Waals surface area (Å²) in [7, 11) is 0. The molecule has 118 valence electrons. The maximum Gasteiger partial charge on any atom is 0.201 e. The minimum Gasteiger partial charge on any atom is -0.384 e. The van der Waals surface area contributed by atoms with Gasteiger partial charge in [-0.25, -0.2) is 9.97 Å². The van der Waals surface area contributed by atoms with Crippen LogP contribution >= 0.6 is 11.8 Å². The van der Waals surface area contributed by atoms with Crippen LogP contribution in [0.3, 0.4) is 0 Å². The molecular weight excluding hydrogens is 298 g/mol. The van der Waals surface area contributed by atoms with E-state index in [2.05, 4.69) is 22.1 Å². The third kappa shape index (κ3) is 4.98. The second-order valence-corrected chi connectivity index (χ2v) is 5.46. The number of aromatic nitrogens is 2. The van der Waals surface area contributed by atoms with E-state index in [1.165, 1.54) is 5.56 Å². The maximum absolute atomic E-state index is 5.88. The van der Waals surface area contributed by atoms with Gasteiger partial charge in [0.15, 0.2) is 5.16 Å². The van der Waals surface area contributed by atoms with E-state index < -0.39 is 6.29 Å². The largest absolute Gasteiger partial charge is 0.384 e.